The van der Waals surface area contributed by atoms with Crippen molar-refractivity contribution >= 4 is 15.9 Å². The zero-order valence-electron chi connectivity index (χ0n) is 11.0. The predicted molar refractivity (Wildman–Crippen MR) is 72.7 cm³/mol. The second kappa shape index (κ2) is 4.61. The fourth-order valence-electron chi connectivity index (χ4n) is 2.10. The number of nitrogens with two attached hydrogens (primary N) is 1. The standard InChI is InChI=1S/C13H18N2O3S/c1-13(2)12(16)15(19(13,17)18)9-8-11(14)10-6-4-3-5-7-10/h3-7,11H,8-9,14H2,1-2H3. The lowest BCUT2D eigenvalue weighted by atomic mass is 10.0. The van der Waals surface area contributed by atoms with Crippen LogP contribution < -0.4 is 5.73 Å². The van der Waals surface area contributed by atoms with Gasteiger partial charge in [-0.2, -0.15) is 0 Å². The minimum Gasteiger partial charge on any atom is -0.324 e. The minimum atomic E-state index is -3.50. The van der Waals surface area contributed by atoms with Crippen molar-refractivity contribution in [1.82, 2.24) is 4.31 Å². The highest BCUT2D eigenvalue weighted by Gasteiger charge is 2.59. The number of amides is 1. The van der Waals surface area contributed by atoms with Crippen LogP contribution in [0.4, 0.5) is 0 Å². The predicted octanol–water partition coefficient (Wildman–Crippen LogP) is 1.03. The summed E-state index contributed by atoms with van der Waals surface area (Å²) in [5, 5.41) is 0. The van der Waals surface area contributed by atoms with Gasteiger partial charge >= 0.3 is 0 Å². The Balaban J connectivity index is 2.00. The first-order valence-electron chi connectivity index (χ1n) is 6.15. The number of hydrogen-bond acceptors (Lipinski definition) is 4. The van der Waals surface area contributed by atoms with Crippen molar-refractivity contribution in [2.24, 2.45) is 5.73 Å². The Hall–Kier alpha value is -1.40. The summed E-state index contributed by atoms with van der Waals surface area (Å²) in [7, 11) is -3.50. The van der Waals surface area contributed by atoms with E-state index < -0.39 is 14.8 Å². The molecule has 1 aromatic carbocycles. The minimum absolute atomic E-state index is 0.140. The number of benzene rings is 1. The summed E-state index contributed by atoms with van der Waals surface area (Å²) in [4.78, 5) is 11.8. The largest absolute Gasteiger partial charge is 0.324 e. The molecule has 1 saturated heterocycles. The molecule has 0 spiro atoms. The molecule has 104 valence electrons. The fourth-order valence-corrected chi connectivity index (χ4v) is 3.64. The maximum absolute atomic E-state index is 11.9. The van der Waals surface area contributed by atoms with E-state index in [4.69, 9.17) is 5.73 Å². The Morgan fingerprint density at radius 2 is 1.84 bits per heavy atom. The molecular weight excluding hydrogens is 264 g/mol. The molecule has 1 aliphatic heterocycles. The van der Waals surface area contributed by atoms with Gasteiger partial charge in [-0.15, -0.1) is 0 Å². The van der Waals surface area contributed by atoms with Crippen molar-refractivity contribution in [3.8, 4) is 0 Å². The van der Waals surface area contributed by atoms with Gasteiger partial charge in [-0.1, -0.05) is 30.3 Å². The van der Waals surface area contributed by atoms with Crippen LogP contribution in [0, 0.1) is 0 Å². The topological polar surface area (TPSA) is 80.5 Å². The molecule has 1 fully saturated rings. The van der Waals surface area contributed by atoms with E-state index in [2.05, 4.69) is 0 Å². The monoisotopic (exact) mass is 282 g/mol. The molecule has 19 heavy (non-hydrogen) atoms. The van der Waals surface area contributed by atoms with Gasteiger partial charge in [-0.05, 0) is 25.8 Å². The molecule has 0 saturated carbocycles. The molecule has 1 amide bonds. The third-order valence-corrected chi connectivity index (χ3v) is 5.94. The van der Waals surface area contributed by atoms with Crippen molar-refractivity contribution < 1.29 is 13.2 Å². The van der Waals surface area contributed by atoms with Crippen LogP contribution in [0.3, 0.4) is 0 Å². The first-order chi connectivity index (χ1) is 8.78. The van der Waals surface area contributed by atoms with E-state index in [1.165, 1.54) is 13.8 Å². The van der Waals surface area contributed by atoms with Crippen molar-refractivity contribution in [2.75, 3.05) is 6.54 Å². The van der Waals surface area contributed by atoms with Crippen molar-refractivity contribution in [3.63, 3.8) is 0 Å². The highest BCUT2D eigenvalue weighted by molar-refractivity contribution is 7.94. The van der Waals surface area contributed by atoms with E-state index in [-0.39, 0.29) is 18.5 Å². The van der Waals surface area contributed by atoms with Gasteiger partial charge in [0, 0.05) is 12.6 Å². The second-order valence-corrected chi connectivity index (χ2v) is 7.61. The Morgan fingerprint density at radius 1 is 1.26 bits per heavy atom. The molecule has 0 bridgehead atoms. The molecule has 2 rings (SSSR count). The number of hydrogen-bond donors (Lipinski definition) is 1. The van der Waals surface area contributed by atoms with E-state index in [0.717, 1.165) is 9.87 Å². The van der Waals surface area contributed by atoms with Gasteiger partial charge in [-0.25, -0.2) is 12.7 Å². The van der Waals surface area contributed by atoms with Crippen LogP contribution in [0.1, 0.15) is 31.9 Å². The molecule has 1 heterocycles. The zero-order chi connectivity index (χ0) is 14.3. The molecule has 1 aliphatic rings. The van der Waals surface area contributed by atoms with Crippen molar-refractivity contribution in [1.29, 1.82) is 0 Å². The molecule has 5 nitrogen and oxygen atoms in total. The van der Waals surface area contributed by atoms with Crippen LogP contribution in [0.25, 0.3) is 0 Å². The number of nitrogens with zero attached hydrogens (tertiary/aromatic N) is 1. The lowest BCUT2D eigenvalue weighted by Crippen LogP contribution is -2.67. The van der Waals surface area contributed by atoms with E-state index in [1.807, 2.05) is 30.3 Å². The summed E-state index contributed by atoms with van der Waals surface area (Å²) in [6.45, 7) is 3.00. The number of carbonyl (C=O) groups excluding carboxylic acids is 1. The van der Waals surface area contributed by atoms with E-state index >= 15 is 0 Å². The Kier molecular flexibility index (Phi) is 3.40. The summed E-state index contributed by atoms with van der Waals surface area (Å²) in [5.74, 6) is -0.354. The van der Waals surface area contributed by atoms with Gasteiger partial charge < -0.3 is 5.73 Å². The molecule has 0 aliphatic carbocycles. The lowest BCUT2D eigenvalue weighted by molar-refractivity contribution is -0.132. The van der Waals surface area contributed by atoms with Crippen LogP contribution in [0.2, 0.25) is 0 Å². The van der Waals surface area contributed by atoms with Crippen molar-refractivity contribution in [3.05, 3.63) is 35.9 Å². The van der Waals surface area contributed by atoms with Crippen molar-refractivity contribution in [2.45, 2.75) is 31.1 Å². The smallest absolute Gasteiger partial charge is 0.258 e. The summed E-state index contributed by atoms with van der Waals surface area (Å²) in [5.41, 5.74) is 6.93. The molecular formula is C13H18N2O3S. The van der Waals surface area contributed by atoms with Gasteiger partial charge in [0.2, 0.25) is 0 Å². The fraction of sp³-hybridized carbons (Fsp3) is 0.462. The average Bonchev–Trinajstić information content (AvgIpc) is 2.39. The van der Waals surface area contributed by atoms with E-state index in [0.29, 0.717) is 6.42 Å². The number of rotatable bonds is 4. The molecule has 1 atom stereocenters. The van der Waals surface area contributed by atoms with Crippen LogP contribution in [-0.4, -0.2) is 29.9 Å². The zero-order valence-corrected chi connectivity index (χ0v) is 11.9. The first kappa shape index (κ1) is 14.0. The van der Waals surface area contributed by atoms with Crippen LogP contribution in [-0.2, 0) is 14.8 Å². The van der Waals surface area contributed by atoms with Gasteiger partial charge in [-0.3, -0.25) is 4.79 Å². The third kappa shape index (κ3) is 2.15. The van der Waals surface area contributed by atoms with E-state index in [1.54, 1.807) is 0 Å². The maximum Gasteiger partial charge on any atom is 0.258 e. The molecule has 1 unspecified atom stereocenters. The van der Waals surface area contributed by atoms with Gasteiger partial charge in [0.15, 0.2) is 4.75 Å². The molecule has 0 aromatic heterocycles. The maximum atomic E-state index is 11.9. The number of carbonyl (C=O) groups is 1. The Morgan fingerprint density at radius 3 is 2.37 bits per heavy atom. The van der Waals surface area contributed by atoms with E-state index in [9.17, 15) is 13.2 Å². The lowest BCUT2D eigenvalue weighted by Gasteiger charge is -2.43. The second-order valence-electron chi connectivity index (χ2n) is 5.20. The normalized spacial score (nSPS) is 21.8. The average molecular weight is 282 g/mol. The van der Waals surface area contributed by atoms with Gasteiger partial charge in [0.05, 0.1) is 0 Å². The molecule has 6 heteroatoms. The summed E-state index contributed by atoms with van der Waals surface area (Å²) in [6, 6.07) is 9.16. The van der Waals surface area contributed by atoms with Gasteiger partial charge in [0.1, 0.15) is 0 Å². The third-order valence-electron chi connectivity index (χ3n) is 3.55. The van der Waals surface area contributed by atoms with Crippen LogP contribution in [0.5, 0.6) is 0 Å². The summed E-state index contributed by atoms with van der Waals surface area (Å²) >= 11 is 0. The van der Waals surface area contributed by atoms with Crippen LogP contribution >= 0.6 is 0 Å². The van der Waals surface area contributed by atoms with Gasteiger partial charge in [0.25, 0.3) is 15.9 Å². The highest BCUT2D eigenvalue weighted by atomic mass is 32.2. The quantitative estimate of drug-likeness (QED) is 0.894. The molecule has 0 radical (unpaired) electrons. The Labute approximate surface area is 113 Å². The highest BCUT2D eigenvalue weighted by Crippen LogP contribution is 2.35. The molecule has 2 N–H and O–H groups in total. The Bertz CT molecular complexity index is 581. The molecule has 1 aromatic rings. The summed E-state index contributed by atoms with van der Waals surface area (Å²) in [6.07, 6.45) is 0.422. The number of sulfonamides is 1. The first-order valence-corrected chi connectivity index (χ1v) is 7.59. The summed E-state index contributed by atoms with van der Waals surface area (Å²) < 4.78 is 23.4. The SMILES string of the molecule is CC1(C)C(=O)N(CCC(N)c2ccccc2)S1(=O)=O. The van der Waals surface area contributed by atoms with Crippen LogP contribution in [0.15, 0.2) is 30.3 Å².